The highest BCUT2D eigenvalue weighted by molar-refractivity contribution is 5.88. The molecule has 5 atom stereocenters. The van der Waals surface area contributed by atoms with Crippen LogP contribution in [0, 0.1) is 23.7 Å². The van der Waals surface area contributed by atoms with Crippen LogP contribution in [0.5, 0.6) is 0 Å². The molecule has 0 aromatic rings. The van der Waals surface area contributed by atoms with Gasteiger partial charge in [0.25, 0.3) is 0 Å². The molecule has 3 rings (SSSR count). The largest absolute Gasteiger partial charge is 0.369 e. The number of fused-ring (bicyclic) bond motifs is 2. The monoisotopic (exact) mass is 250 g/mol. The molecule has 3 heteroatoms. The van der Waals surface area contributed by atoms with Crippen molar-refractivity contribution < 1.29 is 4.74 Å². The number of hydrogen-bond donors (Lipinski definition) is 0. The quantitative estimate of drug-likeness (QED) is 0.752. The van der Waals surface area contributed by atoms with Crippen LogP contribution in [0.15, 0.2) is 4.99 Å². The predicted molar refractivity (Wildman–Crippen MR) is 73.8 cm³/mol. The minimum Gasteiger partial charge on any atom is -0.369 e. The molecule has 102 valence electrons. The van der Waals surface area contributed by atoms with Crippen LogP contribution in [-0.2, 0) is 4.74 Å². The number of methoxy groups -OCH3 is 1. The second kappa shape index (κ2) is 4.93. The predicted octanol–water partition coefficient (Wildman–Crippen LogP) is 2.42. The second-order valence-corrected chi connectivity index (χ2v) is 6.59. The van der Waals surface area contributed by atoms with Crippen LogP contribution in [0.2, 0.25) is 0 Å². The summed E-state index contributed by atoms with van der Waals surface area (Å²) in [6.07, 6.45) is 3.91. The van der Waals surface area contributed by atoms with Gasteiger partial charge in [0.1, 0.15) is 0 Å². The summed E-state index contributed by atoms with van der Waals surface area (Å²) < 4.78 is 5.30. The van der Waals surface area contributed by atoms with E-state index in [1.165, 1.54) is 32.4 Å². The van der Waals surface area contributed by atoms with Crippen LogP contribution in [0.1, 0.15) is 33.1 Å². The Labute approximate surface area is 111 Å². The van der Waals surface area contributed by atoms with Gasteiger partial charge in [-0.2, -0.15) is 0 Å². The third-order valence-corrected chi connectivity index (χ3v) is 5.37. The molecule has 1 aliphatic carbocycles. The topological polar surface area (TPSA) is 24.8 Å². The molecule has 3 nitrogen and oxygen atoms in total. The van der Waals surface area contributed by atoms with Crippen molar-refractivity contribution in [1.82, 2.24) is 4.90 Å². The molecule has 1 saturated carbocycles. The van der Waals surface area contributed by atoms with Crippen molar-refractivity contribution in [2.75, 3.05) is 26.9 Å². The zero-order valence-corrected chi connectivity index (χ0v) is 11.9. The van der Waals surface area contributed by atoms with Crippen molar-refractivity contribution >= 4 is 5.71 Å². The van der Waals surface area contributed by atoms with Gasteiger partial charge in [-0.25, -0.2) is 0 Å². The van der Waals surface area contributed by atoms with Gasteiger partial charge in [-0.3, -0.25) is 9.89 Å². The van der Waals surface area contributed by atoms with E-state index in [9.17, 15) is 0 Å². The molecule has 2 fully saturated rings. The number of likely N-dealkylation sites (tertiary alicyclic amines) is 1. The molecule has 0 bridgehead atoms. The van der Waals surface area contributed by atoms with Crippen LogP contribution in [0.4, 0.5) is 0 Å². The van der Waals surface area contributed by atoms with Crippen molar-refractivity contribution in [3.8, 4) is 0 Å². The molecule has 1 saturated heterocycles. The van der Waals surface area contributed by atoms with Gasteiger partial charge in [0.2, 0.25) is 0 Å². The van der Waals surface area contributed by atoms with E-state index >= 15 is 0 Å². The number of hydrogen-bond acceptors (Lipinski definition) is 3. The molecule has 2 aliphatic heterocycles. The minimum atomic E-state index is 0.566. The van der Waals surface area contributed by atoms with Gasteiger partial charge < -0.3 is 4.74 Å². The van der Waals surface area contributed by atoms with E-state index in [4.69, 9.17) is 9.73 Å². The summed E-state index contributed by atoms with van der Waals surface area (Å²) >= 11 is 0. The Morgan fingerprint density at radius 3 is 2.89 bits per heavy atom. The molecule has 3 unspecified atom stereocenters. The molecule has 3 aliphatic rings. The second-order valence-electron chi connectivity index (χ2n) is 6.59. The van der Waals surface area contributed by atoms with Crippen LogP contribution in [-0.4, -0.2) is 43.6 Å². The zero-order valence-electron chi connectivity index (χ0n) is 11.9. The fraction of sp³-hybridized carbons (Fsp3) is 0.933. The fourth-order valence-electron chi connectivity index (χ4n) is 4.46. The molecule has 18 heavy (non-hydrogen) atoms. The van der Waals surface area contributed by atoms with Crippen LogP contribution in [0.25, 0.3) is 0 Å². The summed E-state index contributed by atoms with van der Waals surface area (Å²) in [4.78, 5) is 7.43. The average molecular weight is 250 g/mol. The first kappa shape index (κ1) is 12.6. The molecule has 0 aromatic heterocycles. The summed E-state index contributed by atoms with van der Waals surface area (Å²) in [6, 6.07) is 0.566. The van der Waals surface area contributed by atoms with Crippen LogP contribution in [0.3, 0.4) is 0 Å². The maximum Gasteiger partial charge on any atom is 0.0986 e. The molecular formula is C15H26N2O. The minimum absolute atomic E-state index is 0.566. The van der Waals surface area contributed by atoms with Gasteiger partial charge in [0, 0.05) is 32.0 Å². The maximum atomic E-state index is 5.30. The molecule has 0 spiro atoms. The van der Waals surface area contributed by atoms with E-state index in [2.05, 4.69) is 18.7 Å². The van der Waals surface area contributed by atoms with Crippen molar-refractivity contribution in [2.24, 2.45) is 28.7 Å². The Kier molecular flexibility index (Phi) is 3.46. The average Bonchev–Trinajstić information content (AvgIpc) is 2.72. The fourth-order valence-corrected chi connectivity index (χ4v) is 4.46. The van der Waals surface area contributed by atoms with Gasteiger partial charge in [0.15, 0.2) is 0 Å². The molecule has 0 amide bonds. The van der Waals surface area contributed by atoms with E-state index in [0.717, 1.165) is 30.4 Å². The van der Waals surface area contributed by atoms with Crippen molar-refractivity contribution in [3.63, 3.8) is 0 Å². The molecule has 0 N–H and O–H groups in total. The number of rotatable bonds is 2. The third kappa shape index (κ3) is 2.12. The van der Waals surface area contributed by atoms with E-state index in [1.54, 1.807) is 12.8 Å². The van der Waals surface area contributed by atoms with Gasteiger partial charge >= 0.3 is 0 Å². The Bertz CT molecular complexity index is 341. The van der Waals surface area contributed by atoms with Gasteiger partial charge in [-0.05, 0) is 49.9 Å². The van der Waals surface area contributed by atoms with Gasteiger partial charge in [-0.1, -0.05) is 6.92 Å². The highest BCUT2D eigenvalue weighted by Gasteiger charge is 2.45. The van der Waals surface area contributed by atoms with Crippen molar-refractivity contribution in [3.05, 3.63) is 0 Å². The molecule has 0 radical (unpaired) electrons. The van der Waals surface area contributed by atoms with Crippen molar-refractivity contribution in [1.29, 1.82) is 0 Å². The third-order valence-electron chi connectivity index (χ3n) is 5.37. The molecule has 2 heterocycles. The number of aliphatic imine (C=N–C) groups is 1. The van der Waals surface area contributed by atoms with Crippen molar-refractivity contribution in [2.45, 2.75) is 39.2 Å². The van der Waals surface area contributed by atoms with E-state index in [0.29, 0.717) is 6.04 Å². The number of ether oxygens (including phenoxy) is 1. The zero-order chi connectivity index (χ0) is 12.7. The summed E-state index contributed by atoms with van der Waals surface area (Å²) in [5.41, 5.74) is 1.54. The smallest absolute Gasteiger partial charge is 0.0986 e. The highest BCUT2D eigenvalue weighted by atomic mass is 16.5. The van der Waals surface area contributed by atoms with Crippen LogP contribution >= 0.6 is 0 Å². The first-order valence-electron chi connectivity index (χ1n) is 7.47. The Morgan fingerprint density at radius 1 is 1.28 bits per heavy atom. The normalized spacial score (nSPS) is 44.4. The summed E-state index contributed by atoms with van der Waals surface area (Å²) in [6.45, 7) is 7.98. The van der Waals surface area contributed by atoms with E-state index in [1.807, 2.05) is 0 Å². The first-order valence-corrected chi connectivity index (χ1v) is 7.47. The van der Waals surface area contributed by atoms with Gasteiger partial charge in [-0.15, -0.1) is 0 Å². The summed E-state index contributed by atoms with van der Waals surface area (Å²) in [5, 5.41) is 0. The SMILES string of the molecule is COCN1C[C@H]2CC3=NC(C)CCC3C(C)[C@@H]2C1. The van der Waals surface area contributed by atoms with Crippen LogP contribution < -0.4 is 0 Å². The Hall–Kier alpha value is -0.410. The van der Waals surface area contributed by atoms with E-state index in [-0.39, 0.29) is 0 Å². The number of nitrogens with zero attached hydrogens (tertiary/aromatic N) is 2. The Morgan fingerprint density at radius 2 is 2.11 bits per heavy atom. The summed E-state index contributed by atoms with van der Waals surface area (Å²) in [7, 11) is 1.80. The lowest BCUT2D eigenvalue weighted by Crippen LogP contribution is -2.41. The lowest BCUT2D eigenvalue weighted by atomic mass is 9.65. The Balaban J connectivity index is 1.76. The first-order chi connectivity index (χ1) is 8.69. The van der Waals surface area contributed by atoms with E-state index < -0.39 is 0 Å². The lowest BCUT2D eigenvalue weighted by molar-refractivity contribution is 0.0748. The summed E-state index contributed by atoms with van der Waals surface area (Å²) in [5.74, 6) is 3.30. The molecule has 0 aromatic carbocycles. The van der Waals surface area contributed by atoms with Gasteiger partial charge in [0.05, 0.1) is 6.73 Å². The standard InChI is InChI=1S/C15H26N2O/c1-10-4-5-13-11(2)14-8-17(9-18-3)7-12(14)6-15(13)16-10/h10-14H,4-9H2,1-3H3/t10?,11?,12-,13?,14+/m1/s1. The maximum absolute atomic E-state index is 5.30. The lowest BCUT2D eigenvalue weighted by Gasteiger charge is -2.41. The molecular weight excluding hydrogens is 224 g/mol. The highest BCUT2D eigenvalue weighted by Crippen LogP contribution is 2.45.